The third-order valence-corrected chi connectivity index (χ3v) is 12.8. The molecule has 0 heterocycles. The van der Waals surface area contributed by atoms with Gasteiger partial charge >= 0.3 is 0 Å². The molecule has 1 aliphatic rings. The van der Waals surface area contributed by atoms with E-state index in [0.717, 1.165) is 38.5 Å². The van der Waals surface area contributed by atoms with Crippen molar-refractivity contribution in [3.05, 3.63) is 204 Å². The van der Waals surface area contributed by atoms with Crippen molar-refractivity contribution in [2.24, 2.45) is 0 Å². The van der Waals surface area contributed by atoms with Gasteiger partial charge in [-0.05, 0) is 88.8 Å². The molecule has 7 aromatic rings. The van der Waals surface area contributed by atoms with Gasteiger partial charge in [0.1, 0.15) is 17.2 Å². The highest BCUT2D eigenvalue weighted by molar-refractivity contribution is 7.85. The summed E-state index contributed by atoms with van der Waals surface area (Å²) in [6.45, 7) is 2.04. The number of rotatable bonds is 8. The van der Waals surface area contributed by atoms with Gasteiger partial charge in [-0.2, -0.15) is 0 Å². The van der Waals surface area contributed by atoms with E-state index in [9.17, 15) is 4.57 Å². The first-order chi connectivity index (χ1) is 24.0. The summed E-state index contributed by atoms with van der Waals surface area (Å²) in [6.07, 6.45) is 0. The van der Waals surface area contributed by atoms with Gasteiger partial charge in [0.15, 0.2) is 7.14 Å². The van der Waals surface area contributed by atoms with E-state index in [-0.39, 0.29) is 0 Å². The predicted molar refractivity (Wildman–Crippen MR) is 201 cm³/mol. The summed E-state index contributed by atoms with van der Waals surface area (Å²) in [7, 11) is -1.38. The molecule has 0 saturated carbocycles. The molecule has 4 heteroatoms. The zero-order valence-electron chi connectivity index (χ0n) is 27.4. The number of ether oxygens (including phenoxy) is 2. The summed E-state index contributed by atoms with van der Waals surface area (Å²) in [5.41, 5.74) is 7.94. The van der Waals surface area contributed by atoms with Crippen LogP contribution in [0, 0.1) is 6.92 Å². The molecule has 1 aliphatic carbocycles. The maximum absolute atomic E-state index is 14.9. The molecule has 0 bridgehead atoms. The van der Waals surface area contributed by atoms with Crippen molar-refractivity contribution in [2.75, 3.05) is 7.11 Å². The van der Waals surface area contributed by atoms with Gasteiger partial charge in [-0.3, -0.25) is 0 Å². The molecule has 0 aromatic heterocycles. The van der Waals surface area contributed by atoms with Crippen molar-refractivity contribution in [2.45, 2.75) is 12.3 Å². The highest BCUT2D eigenvalue weighted by Crippen LogP contribution is 2.56. The van der Waals surface area contributed by atoms with Gasteiger partial charge in [0, 0.05) is 15.9 Å². The average Bonchev–Trinajstić information content (AvgIpc) is 3.47. The second kappa shape index (κ2) is 12.4. The van der Waals surface area contributed by atoms with Gasteiger partial charge in [0.2, 0.25) is 0 Å². The van der Waals surface area contributed by atoms with E-state index in [1.165, 1.54) is 27.8 Å². The van der Waals surface area contributed by atoms with E-state index in [4.69, 9.17) is 9.47 Å². The topological polar surface area (TPSA) is 35.5 Å². The number of hydrogen-bond acceptors (Lipinski definition) is 3. The minimum absolute atomic E-state index is 0.506. The predicted octanol–water partition coefficient (Wildman–Crippen LogP) is 9.80. The summed E-state index contributed by atoms with van der Waals surface area (Å²) < 4.78 is 26.8. The van der Waals surface area contributed by atoms with E-state index >= 15 is 0 Å². The molecule has 8 rings (SSSR count). The van der Waals surface area contributed by atoms with Crippen LogP contribution in [0.5, 0.6) is 17.2 Å². The third kappa shape index (κ3) is 5.10. The molecule has 0 fully saturated rings. The van der Waals surface area contributed by atoms with Crippen LogP contribution in [-0.4, -0.2) is 7.11 Å². The SMILES string of the molecule is COc1ccc(C2(c3ccc(Oc4ccc(P(=O)(c5ccccc5)c5ccc(C)cc5)cc4)cc3)c3ccccc3-c3ccccc32)cc1. The number of methoxy groups -OCH3 is 1. The Morgan fingerprint density at radius 1 is 0.449 bits per heavy atom. The van der Waals surface area contributed by atoms with Gasteiger partial charge in [0.05, 0.1) is 12.5 Å². The highest BCUT2D eigenvalue weighted by atomic mass is 31.2. The lowest BCUT2D eigenvalue weighted by atomic mass is 9.68. The molecule has 1 atom stereocenters. The lowest BCUT2D eigenvalue weighted by Gasteiger charge is -2.34. The second-order valence-electron chi connectivity index (χ2n) is 12.5. The fourth-order valence-electron chi connectivity index (χ4n) is 7.34. The van der Waals surface area contributed by atoms with Crippen molar-refractivity contribution in [3.8, 4) is 28.4 Å². The Morgan fingerprint density at radius 2 is 0.857 bits per heavy atom. The van der Waals surface area contributed by atoms with Crippen molar-refractivity contribution in [3.63, 3.8) is 0 Å². The van der Waals surface area contributed by atoms with Crippen LogP contribution >= 0.6 is 7.14 Å². The molecule has 1 unspecified atom stereocenters. The Bertz CT molecular complexity index is 2250. The van der Waals surface area contributed by atoms with E-state index in [1.807, 2.05) is 110 Å². The molecule has 3 nitrogen and oxygen atoms in total. The zero-order chi connectivity index (χ0) is 33.4. The van der Waals surface area contributed by atoms with Crippen LogP contribution in [0.2, 0.25) is 0 Å². The van der Waals surface area contributed by atoms with Crippen LogP contribution in [0.25, 0.3) is 11.1 Å². The first-order valence-electron chi connectivity index (χ1n) is 16.5. The molecule has 49 heavy (non-hydrogen) atoms. The second-order valence-corrected chi connectivity index (χ2v) is 15.2. The first kappa shape index (κ1) is 30.7. The maximum atomic E-state index is 14.9. The summed E-state index contributed by atoms with van der Waals surface area (Å²) in [6, 6.07) is 59.7. The van der Waals surface area contributed by atoms with Crippen LogP contribution in [0.15, 0.2) is 176 Å². The quantitative estimate of drug-likeness (QED) is 0.153. The Hall–Kier alpha value is -5.63. The Kier molecular flexibility index (Phi) is 7.79. The number of hydrogen-bond donors (Lipinski definition) is 0. The molecule has 0 spiro atoms. The number of fused-ring (bicyclic) bond motifs is 3. The molecule has 238 valence electrons. The molecule has 7 aromatic carbocycles. The molecule has 0 amide bonds. The van der Waals surface area contributed by atoms with Crippen molar-refractivity contribution >= 4 is 23.1 Å². The molecular formula is C45H35O3P. The average molecular weight is 655 g/mol. The minimum Gasteiger partial charge on any atom is -0.497 e. The van der Waals surface area contributed by atoms with Gasteiger partial charge in [-0.25, -0.2) is 0 Å². The number of aryl methyl sites for hydroxylation is 1. The molecule has 0 N–H and O–H groups in total. The zero-order valence-corrected chi connectivity index (χ0v) is 28.3. The third-order valence-electron chi connectivity index (χ3n) is 9.72. The normalized spacial score (nSPS) is 13.9. The highest BCUT2D eigenvalue weighted by Gasteiger charge is 2.45. The van der Waals surface area contributed by atoms with Crippen LogP contribution < -0.4 is 25.4 Å². The molecule has 0 aliphatic heterocycles. The Balaban J connectivity index is 1.15. The van der Waals surface area contributed by atoms with E-state index < -0.39 is 12.6 Å². The van der Waals surface area contributed by atoms with Crippen molar-refractivity contribution < 1.29 is 14.0 Å². The summed E-state index contributed by atoms with van der Waals surface area (Å²) in [5.74, 6) is 2.24. The van der Waals surface area contributed by atoms with Gasteiger partial charge in [0.25, 0.3) is 0 Å². The fourth-order valence-corrected chi connectivity index (χ4v) is 9.96. The van der Waals surface area contributed by atoms with Gasteiger partial charge in [-0.15, -0.1) is 0 Å². The van der Waals surface area contributed by atoms with Crippen LogP contribution in [0.1, 0.15) is 27.8 Å². The Morgan fingerprint density at radius 3 is 1.37 bits per heavy atom. The van der Waals surface area contributed by atoms with Gasteiger partial charge < -0.3 is 14.0 Å². The summed E-state index contributed by atoms with van der Waals surface area (Å²) in [4.78, 5) is 0. The molecule has 0 radical (unpaired) electrons. The largest absolute Gasteiger partial charge is 0.497 e. The standard InChI is InChI=1S/C45H35O3P/c1-32-16-28-39(29-17-32)49(46,38-10-4-3-5-11-38)40-30-26-37(27-31-40)48-36-24-20-34(21-25-36)45(33-18-22-35(47-2)23-19-33)43-14-8-6-12-41(43)42-13-7-9-15-44(42)45/h3-31H,1-2H3. The fraction of sp³-hybridized carbons (Fsp3) is 0.0667. The summed E-state index contributed by atoms with van der Waals surface area (Å²) in [5, 5.41) is 2.39. The molecule has 0 saturated heterocycles. The van der Waals surface area contributed by atoms with Gasteiger partial charge in [-0.1, -0.05) is 133 Å². The van der Waals surface area contributed by atoms with Crippen molar-refractivity contribution in [1.82, 2.24) is 0 Å². The molecular weight excluding hydrogens is 619 g/mol. The van der Waals surface area contributed by atoms with Crippen molar-refractivity contribution in [1.29, 1.82) is 0 Å². The monoisotopic (exact) mass is 654 g/mol. The minimum atomic E-state index is -3.08. The van der Waals surface area contributed by atoms with Crippen LogP contribution in [0.4, 0.5) is 0 Å². The summed E-state index contributed by atoms with van der Waals surface area (Å²) >= 11 is 0. The first-order valence-corrected chi connectivity index (χ1v) is 18.2. The lowest BCUT2D eigenvalue weighted by molar-refractivity contribution is 0.414. The van der Waals surface area contributed by atoms with Crippen LogP contribution in [-0.2, 0) is 9.98 Å². The van der Waals surface area contributed by atoms with Crippen LogP contribution in [0.3, 0.4) is 0 Å². The van der Waals surface area contributed by atoms with E-state index in [1.54, 1.807) is 7.11 Å². The van der Waals surface area contributed by atoms with E-state index in [0.29, 0.717) is 5.75 Å². The lowest BCUT2D eigenvalue weighted by Crippen LogP contribution is -2.28. The van der Waals surface area contributed by atoms with E-state index in [2.05, 4.69) is 72.8 Å². The maximum Gasteiger partial charge on any atom is 0.171 e. The Labute approximate surface area is 287 Å². The smallest absolute Gasteiger partial charge is 0.171 e. The number of benzene rings is 7.